The molecule has 0 aliphatic rings. The molecular formula is C16H10ClNO3. The molecule has 1 heterocycles. The van der Waals surface area contributed by atoms with E-state index < -0.39 is 5.97 Å². The lowest BCUT2D eigenvalue weighted by atomic mass is 10.2. The highest BCUT2D eigenvalue weighted by atomic mass is 35.5. The first-order valence-electron chi connectivity index (χ1n) is 6.19. The Morgan fingerprint density at radius 3 is 2.76 bits per heavy atom. The minimum atomic E-state index is -1.07. The number of hydrogen-bond donors (Lipinski definition) is 1. The van der Waals surface area contributed by atoms with Crippen LogP contribution in [0.4, 0.5) is 0 Å². The maximum Gasteiger partial charge on any atom is 0.339 e. The molecule has 0 unspecified atom stereocenters. The summed E-state index contributed by atoms with van der Waals surface area (Å²) in [7, 11) is 0. The van der Waals surface area contributed by atoms with E-state index in [4.69, 9.17) is 16.3 Å². The topological polar surface area (TPSA) is 59.4 Å². The summed E-state index contributed by atoms with van der Waals surface area (Å²) < 4.78 is 5.76. The van der Waals surface area contributed by atoms with Crippen molar-refractivity contribution in [2.75, 3.05) is 0 Å². The third-order valence-electron chi connectivity index (χ3n) is 3.00. The fraction of sp³-hybridized carbons (Fsp3) is 0. The van der Waals surface area contributed by atoms with Gasteiger partial charge in [-0.05, 0) is 36.4 Å². The molecule has 2 aromatic carbocycles. The number of aromatic carboxylic acids is 1. The second-order valence-electron chi connectivity index (χ2n) is 4.37. The number of ether oxygens (including phenoxy) is 1. The molecule has 0 radical (unpaired) electrons. The first-order chi connectivity index (χ1) is 10.1. The van der Waals surface area contributed by atoms with Gasteiger partial charge in [-0.15, -0.1) is 0 Å². The summed E-state index contributed by atoms with van der Waals surface area (Å²) in [5.74, 6) is -0.336. The van der Waals surface area contributed by atoms with E-state index in [1.807, 2.05) is 12.1 Å². The molecule has 0 spiro atoms. The molecule has 0 saturated carbocycles. The highest BCUT2D eigenvalue weighted by Crippen LogP contribution is 2.32. The fourth-order valence-corrected chi connectivity index (χ4v) is 2.20. The van der Waals surface area contributed by atoms with Crippen molar-refractivity contribution in [2.45, 2.75) is 0 Å². The summed E-state index contributed by atoms with van der Waals surface area (Å²) in [5, 5.41) is 10.4. The number of benzene rings is 2. The van der Waals surface area contributed by atoms with Gasteiger partial charge in [0.05, 0.1) is 5.52 Å². The lowest BCUT2D eigenvalue weighted by Crippen LogP contribution is -2.00. The van der Waals surface area contributed by atoms with Gasteiger partial charge >= 0.3 is 5.97 Å². The number of carboxylic acids is 1. The summed E-state index contributed by atoms with van der Waals surface area (Å²) in [4.78, 5) is 15.5. The van der Waals surface area contributed by atoms with E-state index in [1.165, 1.54) is 18.2 Å². The van der Waals surface area contributed by atoms with Crippen molar-refractivity contribution in [3.63, 3.8) is 0 Å². The van der Waals surface area contributed by atoms with Crippen molar-refractivity contribution in [3.8, 4) is 11.5 Å². The first-order valence-corrected chi connectivity index (χ1v) is 6.57. The van der Waals surface area contributed by atoms with E-state index in [0.29, 0.717) is 10.8 Å². The largest absolute Gasteiger partial charge is 0.478 e. The number of hydrogen-bond acceptors (Lipinski definition) is 3. The molecule has 3 rings (SSSR count). The minimum absolute atomic E-state index is 0.0558. The summed E-state index contributed by atoms with van der Waals surface area (Å²) in [6.07, 6.45) is 1.69. The fourth-order valence-electron chi connectivity index (χ4n) is 2.04. The van der Waals surface area contributed by atoms with Gasteiger partial charge < -0.3 is 9.84 Å². The molecule has 3 aromatic rings. The lowest BCUT2D eigenvalue weighted by molar-refractivity contribution is 0.0694. The second-order valence-corrected chi connectivity index (χ2v) is 4.81. The molecule has 0 aliphatic heterocycles. The number of pyridine rings is 1. The van der Waals surface area contributed by atoms with Gasteiger partial charge in [0.15, 0.2) is 0 Å². The molecular weight excluding hydrogens is 290 g/mol. The van der Waals surface area contributed by atoms with Crippen LogP contribution in [0.3, 0.4) is 0 Å². The van der Waals surface area contributed by atoms with Crippen LogP contribution >= 0.6 is 11.6 Å². The second kappa shape index (κ2) is 5.42. The predicted molar refractivity (Wildman–Crippen MR) is 80.2 cm³/mol. The van der Waals surface area contributed by atoms with Crippen molar-refractivity contribution in [1.29, 1.82) is 0 Å². The zero-order chi connectivity index (χ0) is 14.8. The summed E-state index contributed by atoms with van der Waals surface area (Å²) in [5.41, 5.74) is 0.828. The van der Waals surface area contributed by atoms with Gasteiger partial charge in [0.1, 0.15) is 17.1 Å². The Hall–Kier alpha value is -2.59. The standard InChI is InChI=1S/C16H10ClNO3/c17-10-6-7-12(16(19)20)15(9-10)21-14-5-1-4-13-11(14)3-2-8-18-13/h1-9H,(H,19,20). The predicted octanol–water partition coefficient (Wildman–Crippen LogP) is 4.38. The molecule has 21 heavy (non-hydrogen) atoms. The number of carbonyl (C=O) groups is 1. The van der Waals surface area contributed by atoms with Gasteiger partial charge in [0, 0.05) is 22.7 Å². The van der Waals surface area contributed by atoms with Crippen molar-refractivity contribution >= 4 is 28.5 Å². The van der Waals surface area contributed by atoms with E-state index in [-0.39, 0.29) is 11.3 Å². The number of aromatic nitrogens is 1. The summed E-state index contributed by atoms with van der Waals surface area (Å²) in [6.45, 7) is 0. The monoisotopic (exact) mass is 299 g/mol. The van der Waals surface area contributed by atoms with Crippen LogP contribution in [0.2, 0.25) is 5.02 Å². The van der Waals surface area contributed by atoms with E-state index in [2.05, 4.69) is 4.98 Å². The Morgan fingerprint density at radius 1 is 1.10 bits per heavy atom. The maximum absolute atomic E-state index is 11.3. The maximum atomic E-state index is 11.3. The van der Waals surface area contributed by atoms with E-state index in [0.717, 1.165) is 10.9 Å². The number of halogens is 1. The molecule has 0 bridgehead atoms. The van der Waals surface area contributed by atoms with Crippen molar-refractivity contribution in [1.82, 2.24) is 4.98 Å². The SMILES string of the molecule is O=C(O)c1ccc(Cl)cc1Oc1cccc2ncccc12. The van der Waals surface area contributed by atoms with Crippen LogP contribution in [-0.2, 0) is 0 Å². The molecule has 0 atom stereocenters. The number of fused-ring (bicyclic) bond motifs is 1. The van der Waals surface area contributed by atoms with Crippen LogP contribution in [-0.4, -0.2) is 16.1 Å². The lowest BCUT2D eigenvalue weighted by Gasteiger charge is -2.11. The average Bonchev–Trinajstić information content (AvgIpc) is 2.47. The zero-order valence-electron chi connectivity index (χ0n) is 10.8. The van der Waals surface area contributed by atoms with E-state index in [1.54, 1.807) is 24.4 Å². The van der Waals surface area contributed by atoms with Crippen LogP contribution in [0.1, 0.15) is 10.4 Å². The molecule has 0 fully saturated rings. The van der Waals surface area contributed by atoms with Crippen LogP contribution in [0, 0.1) is 0 Å². The minimum Gasteiger partial charge on any atom is -0.478 e. The van der Waals surface area contributed by atoms with Crippen LogP contribution < -0.4 is 4.74 Å². The quantitative estimate of drug-likeness (QED) is 0.779. The average molecular weight is 300 g/mol. The molecule has 104 valence electrons. The molecule has 0 aliphatic carbocycles. The van der Waals surface area contributed by atoms with Crippen LogP contribution in [0.5, 0.6) is 11.5 Å². The Labute approximate surface area is 125 Å². The highest BCUT2D eigenvalue weighted by molar-refractivity contribution is 6.30. The smallest absolute Gasteiger partial charge is 0.339 e. The first kappa shape index (κ1) is 13.4. The zero-order valence-corrected chi connectivity index (χ0v) is 11.5. The van der Waals surface area contributed by atoms with Crippen molar-refractivity contribution in [2.24, 2.45) is 0 Å². The third kappa shape index (κ3) is 2.66. The Morgan fingerprint density at radius 2 is 1.95 bits per heavy atom. The molecule has 1 aromatic heterocycles. The Kier molecular flexibility index (Phi) is 3.46. The van der Waals surface area contributed by atoms with Gasteiger partial charge in [0.25, 0.3) is 0 Å². The number of carboxylic acid groups (broad SMARTS) is 1. The number of rotatable bonds is 3. The van der Waals surface area contributed by atoms with Gasteiger partial charge in [-0.25, -0.2) is 4.79 Å². The Bertz CT molecular complexity index is 827. The normalized spacial score (nSPS) is 10.5. The van der Waals surface area contributed by atoms with Crippen molar-refractivity contribution < 1.29 is 14.6 Å². The van der Waals surface area contributed by atoms with Crippen molar-refractivity contribution in [3.05, 3.63) is 65.3 Å². The van der Waals surface area contributed by atoms with Gasteiger partial charge in [-0.1, -0.05) is 17.7 Å². The van der Waals surface area contributed by atoms with Crippen LogP contribution in [0.25, 0.3) is 10.9 Å². The van der Waals surface area contributed by atoms with Crippen LogP contribution in [0.15, 0.2) is 54.7 Å². The molecule has 4 nitrogen and oxygen atoms in total. The highest BCUT2D eigenvalue weighted by Gasteiger charge is 2.13. The molecule has 0 saturated heterocycles. The Balaban J connectivity index is 2.11. The summed E-state index contributed by atoms with van der Waals surface area (Å²) >= 11 is 5.92. The third-order valence-corrected chi connectivity index (χ3v) is 3.23. The summed E-state index contributed by atoms with van der Waals surface area (Å²) in [6, 6.07) is 13.5. The number of nitrogens with zero attached hydrogens (tertiary/aromatic N) is 1. The van der Waals surface area contributed by atoms with Gasteiger partial charge in [-0.2, -0.15) is 0 Å². The van der Waals surface area contributed by atoms with E-state index in [9.17, 15) is 9.90 Å². The molecule has 1 N–H and O–H groups in total. The van der Waals surface area contributed by atoms with Gasteiger partial charge in [-0.3, -0.25) is 4.98 Å². The molecule has 5 heteroatoms. The van der Waals surface area contributed by atoms with Gasteiger partial charge in [0.2, 0.25) is 0 Å². The van der Waals surface area contributed by atoms with E-state index >= 15 is 0 Å². The molecule has 0 amide bonds.